The summed E-state index contributed by atoms with van der Waals surface area (Å²) in [6.07, 6.45) is 29.7. The second kappa shape index (κ2) is 37.0. The summed E-state index contributed by atoms with van der Waals surface area (Å²) < 4.78 is 10.9. The van der Waals surface area contributed by atoms with Gasteiger partial charge in [-0.3, -0.25) is 0 Å². The highest BCUT2D eigenvalue weighted by Crippen LogP contribution is 2.69. The monoisotopic (exact) mass is 1380 g/mol. The standard InChI is InChI=1S/2C14H28.C13H26O.C13H26.C12H24.C11H22O.C11H22.7CH4/c2*1-12(2,3)14(13(4,5)6)10-8-7-9-11-14;1-11(2,3)13(12(4,5)6)7-9-14-10-8-13;1-11(2,3)13(12(4,5)6)9-7-8-10-13;1-10(2,3)12(8-7-9-12)11(4,5)6;1-9(2,3)11(7-12-8-11)10(4,5)6;1-9(2,3)11(7-8-11)10(4,5)6;;;;;;;/h2*7-11H2,1-6H3;7-10H2,1-6H3;7-10H2,1-6H3;7-9H2,1-6H3;7-8H2,1-6H3;7-8H2,1-6H3;7*1H4. The lowest BCUT2D eigenvalue weighted by molar-refractivity contribution is -0.224. The molecular weight excluding hydrogens is 1170 g/mol. The highest BCUT2D eigenvalue weighted by Gasteiger charge is 2.60. The molecule has 0 amide bonds. The van der Waals surface area contributed by atoms with Crippen LogP contribution in [0.2, 0.25) is 0 Å². The van der Waals surface area contributed by atoms with Crippen molar-refractivity contribution in [3.63, 3.8) is 0 Å². The Morgan fingerprint density at radius 1 is 0.144 bits per heavy atom. The molecule has 2 aliphatic heterocycles. The van der Waals surface area contributed by atoms with E-state index in [1.54, 1.807) is 0 Å². The molecule has 0 spiro atoms. The van der Waals surface area contributed by atoms with Gasteiger partial charge in [-0.2, -0.15) is 0 Å². The lowest BCUT2D eigenvalue weighted by Crippen LogP contribution is -2.59. The fourth-order valence-electron chi connectivity index (χ4n) is 22.7. The third-order valence-electron chi connectivity index (χ3n) is 29.0. The Labute approximate surface area is 623 Å². The molecule has 97 heavy (non-hydrogen) atoms. The molecule has 0 aromatic rings. The van der Waals surface area contributed by atoms with Crippen LogP contribution in [0.25, 0.3) is 0 Å². The fourth-order valence-corrected chi connectivity index (χ4v) is 22.7. The normalized spacial score (nSPS) is 21.8. The van der Waals surface area contributed by atoms with Gasteiger partial charge < -0.3 is 9.47 Å². The zero-order valence-electron chi connectivity index (χ0n) is 71.0. The minimum absolute atomic E-state index is 0. The van der Waals surface area contributed by atoms with E-state index in [0.29, 0.717) is 114 Å². The third kappa shape index (κ3) is 24.5. The van der Waals surface area contributed by atoms with E-state index in [-0.39, 0.29) is 52.0 Å². The molecule has 0 N–H and O–H groups in total. The maximum atomic E-state index is 5.52. The van der Waals surface area contributed by atoms with Crippen LogP contribution >= 0.6 is 0 Å². The summed E-state index contributed by atoms with van der Waals surface area (Å²) in [6.45, 7) is 104. The van der Waals surface area contributed by atoms with Gasteiger partial charge in [-0.25, -0.2) is 0 Å². The average Bonchev–Trinajstić information content (AvgIpc) is 1.72. The van der Waals surface area contributed by atoms with E-state index in [2.05, 4.69) is 291 Å². The highest BCUT2D eigenvalue weighted by atomic mass is 16.5. The molecule has 0 radical (unpaired) electrons. The van der Waals surface area contributed by atoms with Gasteiger partial charge in [0.25, 0.3) is 0 Å². The third-order valence-corrected chi connectivity index (χ3v) is 29.0. The second-order valence-corrected chi connectivity index (χ2v) is 46.4. The van der Waals surface area contributed by atoms with Crippen LogP contribution in [0.1, 0.15) is 478 Å². The molecule has 7 aliphatic rings. The minimum atomic E-state index is 0. The molecule has 0 atom stereocenters. The molecule has 0 bridgehead atoms. The number of hydrogen-bond donors (Lipinski definition) is 0. The molecule has 2 heterocycles. The lowest BCUT2D eigenvalue weighted by Gasteiger charge is -2.60. The van der Waals surface area contributed by atoms with Crippen molar-refractivity contribution in [1.82, 2.24) is 0 Å². The molecule has 7 fully saturated rings. The summed E-state index contributed by atoms with van der Waals surface area (Å²) in [4.78, 5) is 0. The van der Waals surface area contributed by atoms with Crippen LogP contribution in [0.3, 0.4) is 0 Å². The first kappa shape index (κ1) is 110. The molecule has 5 saturated carbocycles. The quantitative estimate of drug-likeness (QED) is 0.241. The van der Waals surface area contributed by atoms with Crippen molar-refractivity contribution in [2.24, 2.45) is 114 Å². The van der Waals surface area contributed by atoms with Crippen LogP contribution < -0.4 is 0 Å². The molecule has 596 valence electrons. The van der Waals surface area contributed by atoms with Gasteiger partial charge in [0.15, 0.2) is 0 Å². The Bertz CT molecular complexity index is 1790. The summed E-state index contributed by atoms with van der Waals surface area (Å²) in [6, 6.07) is 0. The first-order chi connectivity index (χ1) is 39.4. The number of ether oxygens (including phenoxy) is 2. The van der Waals surface area contributed by atoms with Gasteiger partial charge in [0.05, 0.1) is 13.2 Å². The predicted molar refractivity (Wildman–Crippen MR) is 455 cm³/mol. The smallest absolute Gasteiger partial charge is 0.0554 e. The first-order valence-electron chi connectivity index (χ1n) is 38.6. The summed E-state index contributed by atoms with van der Waals surface area (Å²) in [7, 11) is 0. The van der Waals surface area contributed by atoms with Gasteiger partial charge in [0.2, 0.25) is 0 Å². The average molecular weight is 1380 g/mol. The maximum absolute atomic E-state index is 5.52. The van der Waals surface area contributed by atoms with Gasteiger partial charge in [-0.1, -0.05) is 401 Å². The van der Waals surface area contributed by atoms with Gasteiger partial charge in [-0.15, -0.1) is 0 Å². The van der Waals surface area contributed by atoms with Crippen molar-refractivity contribution < 1.29 is 9.47 Å². The topological polar surface area (TPSA) is 18.5 Å². The molecule has 7 rings (SSSR count). The Kier molecular flexibility index (Phi) is 42.0. The number of hydrogen-bond acceptors (Lipinski definition) is 2. The summed E-state index contributed by atoms with van der Waals surface area (Å²) >= 11 is 0. The molecule has 0 unspecified atom stereocenters. The maximum Gasteiger partial charge on any atom is 0.0554 e. The molecule has 0 aromatic heterocycles. The van der Waals surface area contributed by atoms with Gasteiger partial charge in [-0.05, 0) is 185 Å². The Morgan fingerprint density at radius 3 is 0.351 bits per heavy atom. The van der Waals surface area contributed by atoms with E-state index >= 15 is 0 Å². The van der Waals surface area contributed by atoms with Crippen molar-refractivity contribution in [2.45, 2.75) is 478 Å². The van der Waals surface area contributed by atoms with Gasteiger partial charge in [0, 0.05) is 18.6 Å². The van der Waals surface area contributed by atoms with Crippen molar-refractivity contribution in [3.8, 4) is 0 Å². The molecule has 2 saturated heterocycles. The van der Waals surface area contributed by atoms with Gasteiger partial charge >= 0.3 is 0 Å². The van der Waals surface area contributed by atoms with Crippen molar-refractivity contribution in [1.29, 1.82) is 0 Å². The van der Waals surface area contributed by atoms with E-state index in [0.717, 1.165) is 26.4 Å². The van der Waals surface area contributed by atoms with E-state index in [4.69, 9.17) is 9.47 Å². The zero-order valence-corrected chi connectivity index (χ0v) is 71.0. The van der Waals surface area contributed by atoms with Crippen LogP contribution in [0.15, 0.2) is 0 Å². The van der Waals surface area contributed by atoms with Crippen LogP contribution in [0.5, 0.6) is 0 Å². The van der Waals surface area contributed by atoms with E-state index < -0.39 is 0 Å². The minimum Gasteiger partial charge on any atom is -0.381 e. The zero-order chi connectivity index (χ0) is 71.6. The van der Waals surface area contributed by atoms with Gasteiger partial charge in [0.1, 0.15) is 0 Å². The van der Waals surface area contributed by atoms with Crippen LogP contribution in [-0.2, 0) is 9.47 Å². The Morgan fingerprint density at radius 2 is 0.278 bits per heavy atom. The first-order valence-corrected chi connectivity index (χ1v) is 38.6. The van der Waals surface area contributed by atoms with E-state index in [1.165, 1.54) is 135 Å². The fraction of sp³-hybridized carbons (Fsp3) is 1.00. The Balaban J connectivity index is -0.000000193. The molecule has 0 aromatic carbocycles. The summed E-state index contributed by atoms with van der Waals surface area (Å²) in [5, 5.41) is 0. The summed E-state index contributed by atoms with van der Waals surface area (Å²) in [5.74, 6) is 0. The van der Waals surface area contributed by atoms with Crippen LogP contribution in [0.4, 0.5) is 0 Å². The van der Waals surface area contributed by atoms with Crippen LogP contribution in [0, 0.1) is 114 Å². The molecule has 2 heteroatoms. The molecule has 5 aliphatic carbocycles. The largest absolute Gasteiger partial charge is 0.381 e. The van der Waals surface area contributed by atoms with E-state index in [1.807, 2.05) is 0 Å². The van der Waals surface area contributed by atoms with Crippen molar-refractivity contribution >= 4 is 0 Å². The molecule has 2 nitrogen and oxygen atoms in total. The summed E-state index contributed by atoms with van der Waals surface area (Å²) in [5.41, 5.74) is 9.80. The second-order valence-electron chi connectivity index (χ2n) is 46.4. The highest BCUT2D eigenvalue weighted by molar-refractivity contribution is 5.09. The van der Waals surface area contributed by atoms with Crippen molar-refractivity contribution in [3.05, 3.63) is 0 Å². The van der Waals surface area contributed by atoms with Crippen molar-refractivity contribution in [2.75, 3.05) is 26.4 Å². The Hall–Kier alpha value is -0.0800. The predicted octanol–water partition coefficient (Wildman–Crippen LogP) is 34.2. The van der Waals surface area contributed by atoms with Crippen LogP contribution in [-0.4, -0.2) is 26.4 Å². The molecular formula is C95H204O2. The number of rotatable bonds is 0. The SMILES string of the molecule is C.C.C.C.C.C.C.CC(C)(C)C1(C(C)(C)C)CC1.CC(C)(C)C1(C(C)(C)C)CCC1.CC(C)(C)C1(C(C)(C)C)CCCC1.CC(C)(C)C1(C(C)(C)C)CCCCC1.CC(C)(C)C1(C(C)(C)C)CCCCC1.CC(C)(C)C1(C(C)(C)C)CCOCC1.CC(C)(C)C1(C(C)(C)C)COC1. The van der Waals surface area contributed by atoms with E-state index in [9.17, 15) is 0 Å². The lowest BCUT2D eigenvalue weighted by atomic mass is 9.45.